The van der Waals surface area contributed by atoms with Crippen molar-refractivity contribution in [3.8, 4) is 11.8 Å². The second kappa shape index (κ2) is 5.63. The molecule has 0 unspecified atom stereocenters. The Morgan fingerprint density at radius 2 is 1.47 bits per heavy atom. The van der Waals surface area contributed by atoms with Crippen molar-refractivity contribution in [3.63, 3.8) is 0 Å². The van der Waals surface area contributed by atoms with Crippen LogP contribution in [0.5, 0.6) is 0 Å². The van der Waals surface area contributed by atoms with Crippen LogP contribution < -0.4 is 0 Å². The van der Waals surface area contributed by atoms with Crippen LogP contribution in [0.25, 0.3) is 0 Å². The summed E-state index contributed by atoms with van der Waals surface area (Å²) in [6.45, 7) is 6.65. The molecule has 1 heteroatoms. The van der Waals surface area contributed by atoms with Crippen molar-refractivity contribution in [1.82, 2.24) is 0 Å². The molecule has 0 aromatic heterocycles. The van der Waals surface area contributed by atoms with Gasteiger partial charge in [0.2, 0.25) is 0 Å². The number of benzene rings is 2. The van der Waals surface area contributed by atoms with Crippen LogP contribution in [0.4, 0.5) is 0 Å². The van der Waals surface area contributed by atoms with Gasteiger partial charge in [-0.1, -0.05) is 56.9 Å². The third-order valence-corrected chi connectivity index (χ3v) is 3.66. The van der Waals surface area contributed by atoms with Crippen molar-refractivity contribution >= 4 is 15.9 Å². The third-order valence-electron chi connectivity index (χ3n) is 2.97. The standard InChI is InChI=1S/C18H17Br/c1-18(2,3)16-12-9-14(10-13-16)8-11-15-6-4-5-7-17(15)19/h4-7,9-10,12-13H,1-3H3. The second-order valence-electron chi connectivity index (χ2n) is 5.56. The first-order valence-electron chi connectivity index (χ1n) is 6.34. The van der Waals surface area contributed by atoms with Gasteiger partial charge in [0.1, 0.15) is 0 Å². The summed E-state index contributed by atoms with van der Waals surface area (Å²) in [5, 5.41) is 0. The van der Waals surface area contributed by atoms with Crippen LogP contribution in [-0.2, 0) is 5.41 Å². The molecular weight excluding hydrogens is 296 g/mol. The molecule has 0 saturated heterocycles. The molecule has 0 aliphatic carbocycles. The van der Waals surface area contributed by atoms with Crippen LogP contribution in [0.2, 0.25) is 0 Å². The minimum Gasteiger partial charge on any atom is -0.0616 e. The van der Waals surface area contributed by atoms with E-state index < -0.39 is 0 Å². The van der Waals surface area contributed by atoms with Gasteiger partial charge in [0.05, 0.1) is 0 Å². The highest BCUT2D eigenvalue weighted by atomic mass is 79.9. The van der Waals surface area contributed by atoms with E-state index in [1.165, 1.54) is 5.56 Å². The largest absolute Gasteiger partial charge is 0.0616 e. The fourth-order valence-corrected chi connectivity index (χ4v) is 2.14. The molecule has 96 valence electrons. The average Bonchev–Trinajstić information content (AvgIpc) is 2.37. The van der Waals surface area contributed by atoms with Crippen molar-refractivity contribution < 1.29 is 0 Å². The third kappa shape index (κ3) is 3.72. The monoisotopic (exact) mass is 312 g/mol. The quantitative estimate of drug-likeness (QED) is 0.590. The summed E-state index contributed by atoms with van der Waals surface area (Å²) in [5.74, 6) is 6.39. The lowest BCUT2D eigenvalue weighted by molar-refractivity contribution is 0.590. The molecule has 0 saturated carbocycles. The van der Waals surface area contributed by atoms with E-state index >= 15 is 0 Å². The molecule has 0 N–H and O–H groups in total. The lowest BCUT2D eigenvalue weighted by Crippen LogP contribution is -2.10. The summed E-state index contributed by atoms with van der Waals surface area (Å²) >= 11 is 3.51. The number of hydrogen-bond acceptors (Lipinski definition) is 0. The molecule has 0 heterocycles. The maximum absolute atomic E-state index is 3.51. The van der Waals surface area contributed by atoms with E-state index in [4.69, 9.17) is 0 Å². The first kappa shape index (κ1) is 13.9. The van der Waals surface area contributed by atoms with Gasteiger partial charge in [-0.2, -0.15) is 0 Å². The number of rotatable bonds is 0. The molecule has 2 aromatic carbocycles. The Morgan fingerprint density at radius 3 is 2.05 bits per heavy atom. The van der Waals surface area contributed by atoms with Gasteiger partial charge in [0.15, 0.2) is 0 Å². The Bertz CT molecular complexity index is 619. The van der Waals surface area contributed by atoms with E-state index in [0.29, 0.717) is 0 Å². The predicted octanol–water partition coefficient (Wildman–Crippen LogP) is 5.15. The van der Waals surface area contributed by atoms with Crippen molar-refractivity contribution in [2.75, 3.05) is 0 Å². The molecule has 0 atom stereocenters. The van der Waals surface area contributed by atoms with E-state index in [-0.39, 0.29) is 5.41 Å². The van der Waals surface area contributed by atoms with Gasteiger partial charge in [-0.15, -0.1) is 0 Å². The molecule has 19 heavy (non-hydrogen) atoms. The average molecular weight is 313 g/mol. The van der Waals surface area contributed by atoms with Crippen LogP contribution in [-0.4, -0.2) is 0 Å². The van der Waals surface area contributed by atoms with E-state index in [9.17, 15) is 0 Å². The van der Waals surface area contributed by atoms with E-state index in [0.717, 1.165) is 15.6 Å². The normalized spacial score (nSPS) is 10.7. The summed E-state index contributed by atoms with van der Waals surface area (Å²) < 4.78 is 1.04. The van der Waals surface area contributed by atoms with E-state index in [2.05, 4.69) is 72.8 Å². The smallest absolute Gasteiger partial charge is 0.0391 e. The molecule has 0 fully saturated rings. The highest BCUT2D eigenvalue weighted by Gasteiger charge is 2.12. The Balaban J connectivity index is 2.24. The predicted molar refractivity (Wildman–Crippen MR) is 85.3 cm³/mol. The van der Waals surface area contributed by atoms with Gasteiger partial charge in [-0.25, -0.2) is 0 Å². The maximum atomic E-state index is 3.51. The minimum atomic E-state index is 0.189. The van der Waals surface area contributed by atoms with Gasteiger partial charge in [-0.3, -0.25) is 0 Å². The molecular formula is C18H17Br. The molecule has 2 rings (SSSR count). The topological polar surface area (TPSA) is 0 Å². The highest BCUT2D eigenvalue weighted by molar-refractivity contribution is 9.10. The Morgan fingerprint density at radius 1 is 0.842 bits per heavy atom. The summed E-state index contributed by atoms with van der Waals surface area (Å²) in [7, 11) is 0. The van der Waals surface area contributed by atoms with Gasteiger partial charge in [0, 0.05) is 15.6 Å². The summed E-state index contributed by atoms with van der Waals surface area (Å²) in [4.78, 5) is 0. The van der Waals surface area contributed by atoms with Crippen molar-refractivity contribution in [3.05, 3.63) is 69.7 Å². The van der Waals surface area contributed by atoms with Crippen molar-refractivity contribution in [1.29, 1.82) is 0 Å². The molecule has 0 aliphatic heterocycles. The van der Waals surface area contributed by atoms with Crippen molar-refractivity contribution in [2.24, 2.45) is 0 Å². The number of hydrogen-bond donors (Lipinski definition) is 0. The molecule has 0 amide bonds. The molecule has 0 nitrogen and oxygen atoms in total. The van der Waals surface area contributed by atoms with Crippen molar-refractivity contribution in [2.45, 2.75) is 26.2 Å². The lowest BCUT2D eigenvalue weighted by atomic mass is 9.87. The van der Waals surface area contributed by atoms with E-state index in [1.54, 1.807) is 0 Å². The maximum Gasteiger partial charge on any atom is 0.0391 e. The molecule has 0 radical (unpaired) electrons. The SMILES string of the molecule is CC(C)(C)c1ccc(C#Cc2ccccc2Br)cc1. The van der Waals surface area contributed by atoms with E-state index in [1.807, 2.05) is 24.3 Å². The zero-order chi connectivity index (χ0) is 13.9. The Kier molecular flexibility index (Phi) is 4.12. The Labute approximate surface area is 124 Å². The zero-order valence-corrected chi connectivity index (χ0v) is 13.1. The van der Waals surface area contributed by atoms with Gasteiger partial charge >= 0.3 is 0 Å². The molecule has 0 spiro atoms. The Hall–Kier alpha value is -1.52. The first-order valence-corrected chi connectivity index (χ1v) is 7.13. The molecule has 2 aromatic rings. The first-order chi connectivity index (χ1) is 8.97. The van der Waals surface area contributed by atoms with Gasteiger partial charge < -0.3 is 0 Å². The minimum absolute atomic E-state index is 0.189. The number of halogens is 1. The summed E-state index contributed by atoms with van der Waals surface area (Å²) in [6, 6.07) is 16.5. The summed E-state index contributed by atoms with van der Waals surface area (Å²) in [6.07, 6.45) is 0. The van der Waals surface area contributed by atoms with Crippen LogP contribution in [0.15, 0.2) is 53.0 Å². The van der Waals surface area contributed by atoms with Gasteiger partial charge in [-0.05, 0) is 51.2 Å². The molecule has 0 bridgehead atoms. The summed E-state index contributed by atoms with van der Waals surface area (Å²) in [5.41, 5.74) is 3.58. The van der Waals surface area contributed by atoms with Crippen LogP contribution >= 0.6 is 15.9 Å². The fraction of sp³-hybridized carbons (Fsp3) is 0.222. The van der Waals surface area contributed by atoms with Crippen LogP contribution in [0, 0.1) is 11.8 Å². The van der Waals surface area contributed by atoms with Gasteiger partial charge in [0.25, 0.3) is 0 Å². The second-order valence-corrected chi connectivity index (χ2v) is 6.41. The lowest BCUT2D eigenvalue weighted by Gasteiger charge is -2.18. The zero-order valence-electron chi connectivity index (χ0n) is 11.5. The van der Waals surface area contributed by atoms with Crippen LogP contribution in [0.1, 0.15) is 37.5 Å². The molecule has 0 aliphatic rings. The highest BCUT2D eigenvalue weighted by Crippen LogP contribution is 2.22. The fourth-order valence-electron chi connectivity index (χ4n) is 1.76. The van der Waals surface area contributed by atoms with Crippen LogP contribution in [0.3, 0.4) is 0 Å².